The van der Waals surface area contributed by atoms with Crippen molar-refractivity contribution in [2.45, 2.75) is 13.5 Å². The first-order valence-electron chi connectivity index (χ1n) is 9.35. The van der Waals surface area contributed by atoms with Gasteiger partial charge < -0.3 is 9.80 Å². The Morgan fingerprint density at radius 1 is 1.04 bits per heavy atom. The van der Waals surface area contributed by atoms with Gasteiger partial charge in [-0.15, -0.1) is 0 Å². The van der Waals surface area contributed by atoms with Crippen LogP contribution in [0.2, 0.25) is 0 Å². The van der Waals surface area contributed by atoms with Gasteiger partial charge in [0, 0.05) is 44.6 Å². The molecular weight excluding hydrogens is 354 g/mol. The number of nitrogens with zero attached hydrogens (tertiary/aromatic N) is 6. The normalized spacial score (nSPS) is 14.2. The van der Waals surface area contributed by atoms with Gasteiger partial charge in [0.15, 0.2) is 0 Å². The number of nitrogens with one attached hydrogen (secondary N) is 1. The SMILES string of the molecule is Cc1cc(NC(=O)N2CCN(c3ncccn3)CC2)n(Cc2ccccc2)n1. The average molecular weight is 377 g/mol. The molecular formula is C20H23N7O. The molecule has 1 aromatic carbocycles. The second kappa shape index (κ2) is 8.08. The van der Waals surface area contributed by atoms with Crippen molar-refractivity contribution in [2.24, 2.45) is 0 Å². The number of amides is 2. The molecule has 1 fully saturated rings. The first-order chi connectivity index (χ1) is 13.7. The molecule has 1 N–H and O–H groups in total. The molecule has 28 heavy (non-hydrogen) atoms. The number of carbonyl (C=O) groups is 1. The van der Waals surface area contributed by atoms with E-state index in [1.807, 2.05) is 52.9 Å². The third-order valence-corrected chi connectivity index (χ3v) is 4.71. The summed E-state index contributed by atoms with van der Waals surface area (Å²) in [5, 5.41) is 7.53. The number of aromatic nitrogens is 4. The highest BCUT2D eigenvalue weighted by Crippen LogP contribution is 2.15. The summed E-state index contributed by atoms with van der Waals surface area (Å²) in [7, 11) is 0. The molecule has 8 heteroatoms. The van der Waals surface area contributed by atoms with Gasteiger partial charge in [0.05, 0.1) is 12.2 Å². The molecule has 0 radical (unpaired) electrons. The third kappa shape index (κ3) is 4.11. The van der Waals surface area contributed by atoms with Gasteiger partial charge in [-0.3, -0.25) is 5.32 Å². The quantitative estimate of drug-likeness (QED) is 0.755. The molecule has 4 rings (SSSR count). The lowest BCUT2D eigenvalue weighted by molar-refractivity contribution is 0.207. The van der Waals surface area contributed by atoms with Crippen LogP contribution in [-0.2, 0) is 6.54 Å². The Morgan fingerprint density at radius 3 is 2.46 bits per heavy atom. The number of carbonyl (C=O) groups excluding carboxylic acids is 1. The number of anilines is 2. The van der Waals surface area contributed by atoms with E-state index >= 15 is 0 Å². The second-order valence-corrected chi connectivity index (χ2v) is 6.77. The zero-order valence-electron chi connectivity index (χ0n) is 15.8. The van der Waals surface area contributed by atoms with Gasteiger partial charge in [-0.25, -0.2) is 19.4 Å². The van der Waals surface area contributed by atoms with E-state index in [0.29, 0.717) is 44.5 Å². The zero-order valence-corrected chi connectivity index (χ0v) is 15.8. The van der Waals surface area contributed by atoms with Gasteiger partial charge in [0.25, 0.3) is 0 Å². The fourth-order valence-electron chi connectivity index (χ4n) is 3.28. The Bertz CT molecular complexity index is 918. The molecule has 1 aliphatic heterocycles. The fourth-order valence-corrected chi connectivity index (χ4v) is 3.28. The number of hydrogen-bond acceptors (Lipinski definition) is 5. The largest absolute Gasteiger partial charge is 0.337 e. The molecule has 0 aliphatic carbocycles. The summed E-state index contributed by atoms with van der Waals surface area (Å²) in [5.74, 6) is 1.42. The van der Waals surface area contributed by atoms with Crippen molar-refractivity contribution in [1.82, 2.24) is 24.6 Å². The Balaban J connectivity index is 1.38. The molecule has 8 nitrogen and oxygen atoms in total. The van der Waals surface area contributed by atoms with Crippen LogP contribution in [0.4, 0.5) is 16.6 Å². The molecule has 0 saturated carbocycles. The van der Waals surface area contributed by atoms with Gasteiger partial charge in [-0.1, -0.05) is 30.3 Å². The molecule has 1 aliphatic rings. The lowest BCUT2D eigenvalue weighted by Crippen LogP contribution is -2.50. The summed E-state index contributed by atoms with van der Waals surface area (Å²) < 4.78 is 1.83. The number of rotatable bonds is 4. The lowest BCUT2D eigenvalue weighted by Gasteiger charge is -2.34. The van der Waals surface area contributed by atoms with Crippen molar-refractivity contribution in [3.63, 3.8) is 0 Å². The van der Waals surface area contributed by atoms with Crippen molar-refractivity contribution < 1.29 is 4.79 Å². The number of piperazine rings is 1. The van der Waals surface area contributed by atoms with Crippen LogP contribution in [0.15, 0.2) is 54.9 Å². The number of urea groups is 1. The van der Waals surface area contributed by atoms with E-state index in [9.17, 15) is 4.79 Å². The van der Waals surface area contributed by atoms with E-state index in [4.69, 9.17) is 0 Å². The molecule has 1 saturated heterocycles. The smallest absolute Gasteiger partial charge is 0.323 e. The molecule has 2 aromatic heterocycles. The van der Waals surface area contributed by atoms with E-state index in [1.165, 1.54) is 0 Å². The minimum Gasteiger partial charge on any atom is -0.337 e. The maximum absolute atomic E-state index is 12.7. The van der Waals surface area contributed by atoms with Crippen LogP contribution in [0.25, 0.3) is 0 Å². The van der Waals surface area contributed by atoms with Crippen LogP contribution in [-0.4, -0.2) is 56.9 Å². The summed E-state index contributed by atoms with van der Waals surface area (Å²) in [6.07, 6.45) is 3.47. The molecule has 3 heterocycles. The van der Waals surface area contributed by atoms with Gasteiger partial charge in [-0.2, -0.15) is 5.10 Å². The molecule has 3 aromatic rings. The van der Waals surface area contributed by atoms with Crippen LogP contribution in [0, 0.1) is 6.92 Å². The summed E-state index contributed by atoms with van der Waals surface area (Å²) in [6, 6.07) is 13.7. The van der Waals surface area contributed by atoms with E-state index in [2.05, 4.69) is 25.3 Å². The first kappa shape index (κ1) is 18.0. The van der Waals surface area contributed by atoms with Crippen molar-refractivity contribution >= 4 is 17.8 Å². The van der Waals surface area contributed by atoms with Gasteiger partial charge in [0.2, 0.25) is 5.95 Å². The second-order valence-electron chi connectivity index (χ2n) is 6.77. The van der Waals surface area contributed by atoms with Gasteiger partial charge in [-0.05, 0) is 18.6 Å². The summed E-state index contributed by atoms with van der Waals surface area (Å²) in [6.45, 7) is 5.20. The van der Waals surface area contributed by atoms with Gasteiger partial charge in [0.1, 0.15) is 5.82 Å². The predicted octanol–water partition coefficient (Wildman–Crippen LogP) is 2.38. The Labute approximate surface area is 163 Å². The summed E-state index contributed by atoms with van der Waals surface area (Å²) in [5.41, 5.74) is 2.01. The molecule has 0 atom stereocenters. The minimum absolute atomic E-state index is 0.108. The van der Waals surface area contributed by atoms with E-state index < -0.39 is 0 Å². The summed E-state index contributed by atoms with van der Waals surface area (Å²) in [4.78, 5) is 25.2. The topological polar surface area (TPSA) is 79.2 Å². The van der Waals surface area contributed by atoms with Crippen LogP contribution < -0.4 is 10.2 Å². The van der Waals surface area contributed by atoms with Crippen molar-refractivity contribution in [1.29, 1.82) is 0 Å². The Hall–Kier alpha value is -3.42. The minimum atomic E-state index is -0.108. The molecule has 2 amide bonds. The van der Waals surface area contributed by atoms with Crippen molar-refractivity contribution in [3.05, 3.63) is 66.1 Å². The van der Waals surface area contributed by atoms with E-state index in [1.54, 1.807) is 18.5 Å². The zero-order chi connectivity index (χ0) is 19.3. The van der Waals surface area contributed by atoms with E-state index in [-0.39, 0.29) is 6.03 Å². The van der Waals surface area contributed by atoms with Crippen molar-refractivity contribution in [2.75, 3.05) is 36.4 Å². The average Bonchev–Trinajstić information content (AvgIpc) is 3.08. The molecule has 144 valence electrons. The molecule has 0 unspecified atom stereocenters. The Morgan fingerprint density at radius 2 is 1.75 bits per heavy atom. The summed E-state index contributed by atoms with van der Waals surface area (Å²) >= 11 is 0. The maximum atomic E-state index is 12.7. The van der Waals surface area contributed by atoms with E-state index in [0.717, 1.165) is 11.3 Å². The number of benzene rings is 1. The maximum Gasteiger partial charge on any atom is 0.323 e. The third-order valence-electron chi connectivity index (χ3n) is 4.71. The highest BCUT2D eigenvalue weighted by molar-refractivity contribution is 5.88. The van der Waals surface area contributed by atoms with Gasteiger partial charge >= 0.3 is 6.03 Å². The van der Waals surface area contributed by atoms with Crippen LogP contribution in [0.3, 0.4) is 0 Å². The number of hydrogen-bond donors (Lipinski definition) is 1. The highest BCUT2D eigenvalue weighted by Gasteiger charge is 2.23. The molecule has 0 bridgehead atoms. The highest BCUT2D eigenvalue weighted by atomic mass is 16.2. The standard InChI is InChI=1S/C20H23N7O/c1-16-14-18(27(24-16)15-17-6-3-2-4-7-17)23-20(28)26-12-10-25(11-13-26)19-21-8-5-9-22-19/h2-9,14H,10-13,15H2,1H3,(H,23,28). The van der Waals surface area contributed by atoms with Crippen molar-refractivity contribution in [3.8, 4) is 0 Å². The van der Waals surface area contributed by atoms with Crippen LogP contribution in [0.1, 0.15) is 11.3 Å². The number of aryl methyl sites for hydroxylation is 1. The van der Waals surface area contributed by atoms with Crippen LogP contribution in [0.5, 0.6) is 0 Å². The fraction of sp³-hybridized carbons (Fsp3) is 0.300. The monoisotopic (exact) mass is 377 g/mol. The first-order valence-corrected chi connectivity index (χ1v) is 9.35. The lowest BCUT2D eigenvalue weighted by atomic mass is 10.2. The molecule has 0 spiro atoms. The Kier molecular flexibility index (Phi) is 5.18. The van der Waals surface area contributed by atoms with Crippen LogP contribution >= 0.6 is 0 Å². The predicted molar refractivity (Wildman–Crippen MR) is 107 cm³/mol.